The number of ether oxygens (including phenoxy) is 1. The van der Waals surface area contributed by atoms with Crippen molar-refractivity contribution in [3.8, 4) is 0 Å². The van der Waals surface area contributed by atoms with Crippen LogP contribution in [0.2, 0.25) is 0 Å². The van der Waals surface area contributed by atoms with Crippen LogP contribution in [0.15, 0.2) is 17.3 Å². The zero-order chi connectivity index (χ0) is 14.6. The first-order valence-corrected chi connectivity index (χ1v) is 7.33. The van der Waals surface area contributed by atoms with E-state index in [2.05, 4.69) is 14.6 Å². The molecule has 0 saturated heterocycles. The molecule has 1 atom stereocenters. The molecule has 0 aliphatic rings. The van der Waals surface area contributed by atoms with Gasteiger partial charge in [0.05, 0.1) is 13.3 Å². The van der Waals surface area contributed by atoms with Crippen molar-refractivity contribution >= 4 is 16.0 Å². The van der Waals surface area contributed by atoms with Gasteiger partial charge in [-0.2, -0.15) is 9.82 Å². The highest BCUT2D eigenvalue weighted by Gasteiger charge is 2.27. The summed E-state index contributed by atoms with van der Waals surface area (Å²) in [4.78, 5) is 11.6. The second kappa shape index (κ2) is 6.16. The number of aromatic nitrogens is 2. The lowest BCUT2D eigenvalue weighted by atomic mass is 10.1. The van der Waals surface area contributed by atoms with Crippen molar-refractivity contribution in [2.75, 3.05) is 7.11 Å². The Morgan fingerprint density at radius 3 is 2.58 bits per heavy atom. The maximum atomic E-state index is 12.1. The number of rotatable bonds is 6. The minimum atomic E-state index is -3.77. The lowest BCUT2D eigenvalue weighted by Gasteiger charge is -2.17. The highest BCUT2D eigenvalue weighted by molar-refractivity contribution is 7.89. The second-order valence-corrected chi connectivity index (χ2v) is 6.39. The number of hydrogen-bond donors (Lipinski definition) is 1. The average Bonchev–Trinajstić information content (AvgIpc) is 2.74. The molecule has 8 heteroatoms. The van der Waals surface area contributed by atoms with Gasteiger partial charge in [-0.25, -0.2) is 8.42 Å². The van der Waals surface area contributed by atoms with Crippen LogP contribution in [0.4, 0.5) is 0 Å². The van der Waals surface area contributed by atoms with E-state index in [1.54, 1.807) is 7.05 Å². The maximum absolute atomic E-state index is 12.1. The smallest absolute Gasteiger partial charge is 0.323 e. The first-order chi connectivity index (χ1) is 8.76. The van der Waals surface area contributed by atoms with Gasteiger partial charge in [0.25, 0.3) is 0 Å². The SMILES string of the molecule is COC(=O)C(CC(C)C)NS(=O)(=O)c1cnn(C)c1. The monoisotopic (exact) mass is 289 g/mol. The molecule has 1 aromatic heterocycles. The Balaban J connectivity index is 2.92. The Morgan fingerprint density at radius 2 is 2.16 bits per heavy atom. The Hall–Kier alpha value is -1.41. The normalized spacial score (nSPS) is 13.5. The van der Waals surface area contributed by atoms with E-state index in [9.17, 15) is 13.2 Å². The molecule has 108 valence electrons. The van der Waals surface area contributed by atoms with E-state index in [0.29, 0.717) is 6.42 Å². The van der Waals surface area contributed by atoms with Crippen LogP contribution >= 0.6 is 0 Å². The van der Waals surface area contributed by atoms with E-state index < -0.39 is 22.0 Å². The minimum Gasteiger partial charge on any atom is -0.468 e. The lowest BCUT2D eigenvalue weighted by molar-refractivity contribution is -0.143. The molecule has 0 fully saturated rings. The Labute approximate surface area is 113 Å². The number of nitrogens with zero attached hydrogens (tertiary/aromatic N) is 2. The van der Waals surface area contributed by atoms with Gasteiger partial charge in [-0.3, -0.25) is 9.48 Å². The summed E-state index contributed by atoms with van der Waals surface area (Å²) in [5, 5.41) is 3.80. The molecule has 1 N–H and O–H groups in total. The first kappa shape index (κ1) is 15.6. The van der Waals surface area contributed by atoms with Gasteiger partial charge in [0.2, 0.25) is 10.0 Å². The number of carbonyl (C=O) groups is 1. The molecule has 19 heavy (non-hydrogen) atoms. The summed E-state index contributed by atoms with van der Waals surface area (Å²) in [6, 6.07) is -0.893. The predicted octanol–water partition coefficient (Wildman–Crippen LogP) is 0.286. The Morgan fingerprint density at radius 1 is 1.53 bits per heavy atom. The quantitative estimate of drug-likeness (QED) is 0.760. The molecular formula is C11H19N3O4S. The summed E-state index contributed by atoms with van der Waals surface area (Å²) >= 11 is 0. The van der Waals surface area contributed by atoms with Gasteiger partial charge in [0.15, 0.2) is 0 Å². The molecule has 1 heterocycles. The fourth-order valence-corrected chi connectivity index (χ4v) is 2.78. The number of sulfonamides is 1. The maximum Gasteiger partial charge on any atom is 0.323 e. The van der Waals surface area contributed by atoms with Crippen molar-refractivity contribution in [1.29, 1.82) is 0 Å². The minimum absolute atomic E-state index is 0.0210. The molecule has 1 unspecified atom stereocenters. The summed E-state index contributed by atoms with van der Waals surface area (Å²) < 4.78 is 32.5. The molecule has 1 rings (SSSR count). The fourth-order valence-electron chi connectivity index (χ4n) is 1.60. The van der Waals surface area contributed by atoms with Crippen LogP contribution < -0.4 is 4.72 Å². The van der Waals surface area contributed by atoms with Crippen LogP contribution in [0.1, 0.15) is 20.3 Å². The summed E-state index contributed by atoms with van der Waals surface area (Å²) in [6.45, 7) is 3.79. The van der Waals surface area contributed by atoms with E-state index in [1.807, 2.05) is 13.8 Å². The zero-order valence-electron chi connectivity index (χ0n) is 11.5. The first-order valence-electron chi connectivity index (χ1n) is 5.85. The third kappa shape index (κ3) is 4.32. The highest BCUT2D eigenvalue weighted by Crippen LogP contribution is 2.12. The third-order valence-corrected chi connectivity index (χ3v) is 3.91. The van der Waals surface area contributed by atoms with Gasteiger partial charge in [-0.05, 0) is 12.3 Å². The molecular weight excluding hydrogens is 270 g/mol. The van der Waals surface area contributed by atoms with E-state index in [1.165, 1.54) is 24.2 Å². The average molecular weight is 289 g/mol. The van der Waals surface area contributed by atoms with Crippen molar-refractivity contribution in [3.05, 3.63) is 12.4 Å². The Kier molecular flexibility index (Phi) is 5.07. The molecule has 0 spiro atoms. The number of methoxy groups -OCH3 is 1. The van der Waals surface area contributed by atoms with Crippen molar-refractivity contribution in [2.24, 2.45) is 13.0 Å². The summed E-state index contributed by atoms with van der Waals surface area (Å²) in [5.41, 5.74) is 0. The van der Waals surface area contributed by atoms with Crippen molar-refractivity contribution < 1.29 is 17.9 Å². The van der Waals surface area contributed by atoms with E-state index in [-0.39, 0.29) is 10.8 Å². The molecule has 0 aliphatic carbocycles. The summed E-state index contributed by atoms with van der Waals surface area (Å²) in [6.07, 6.45) is 2.96. The second-order valence-electron chi connectivity index (χ2n) is 4.68. The van der Waals surface area contributed by atoms with Gasteiger partial charge < -0.3 is 4.74 Å². The molecule has 0 saturated carbocycles. The van der Waals surface area contributed by atoms with Crippen LogP contribution in [0, 0.1) is 5.92 Å². The largest absolute Gasteiger partial charge is 0.468 e. The van der Waals surface area contributed by atoms with Gasteiger partial charge in [-0.1, -0.05) is 13.8 Å². The number of carbonyl (C=O) groups excluding carboxylic acids is 1. The molecule has 0 aliphatic heterocycles. The summed E-state index contributed by atoms with van der Waals surface area (Å²) in [7, 11) is -0.927. The van der Waals surface area contributed by atoms with Gasteiger partial charge >= 0.3 is 5.97 Å². The number of hydrogen-bond acceptors (Lipinski definition) is 5. The van der Waals surface area contributed by atoms with E-state index in [0.717, 1.165) is 0 Å². The van der Waals surface area contributed by atoms with Gasteiger partial charge in [-0.15, -0.1) is 0 Å². The number of aryl methyl sites for hydroxylation is 1. The molecule has 0 aromatic carbocycles. The predicted molar refractivity (Wildman–Crippen MR) is 68.8 cm³/mol. The molecule has 0 radical (unpaired) electrons. The van der Waals surface area contributed by atoms with Crippen LogP contribution in [0.25, 0.3) is 0 Å². The lowest BCUT2D eigenvalue weighted by Crippen LogP contribution is -2.42. The number of nitrogens with one attached hydrogen (secondary N) is 1. The number of esters is 1. The van der Waals surface area contributed by atoms with E-state index >= 15 is 0 Å². The van der Waals surface area contributed by atoms with Gasteiger partial charge in [0.1, 0.15) is 10.9 Å². The molecule has 7 nitrogen and oxygen atoms in total. The van der Waals surface area contributed by atoms with Crippen molar-refractivity contribution in [1.82, 2.24) is 14.5 Å². The van der Waals surface area contributed by atoms with Crippen LogP contribution in [0.5, 0.6) is 0 Å². The standard InChI is InChI=1S/C11H19N3O4S/c1-8(2)5-10(11(15)18-4)13-19(16,17)9-6-12-14(3)7-9/h6-8,10,13H,5H2,1-4H3. The molecule has 0 amide bonds. The van der Waals surface area contributed by atoms with E-state index in [4.69, 9.17) is 0 Å². The summed E-state index contributed by atoms with van der Waals surface area (Å²) in [5.74, 6) is -0.443. The van der Waals surface area contributed by atoms with Crippen LogP contribution in [-0.4, -0.2) is 37.3 Å². The van der Waals surface area contributed by atoms with Gasteiger partial charge in [0, 0.05) is 13.2 Å². The third-order valence-electron chi connectivity index (χ3n) is 2.48. The topological polar surface area (TPSA) is 90.3 Å². The highest BCUT2D eigenvalue weighted by atomic mass is 32.2. The van der Waals surface area contributed by atoms with Crippen LogP contribution in [-0.2, 0) is 26.6 Å². The zero-order valence-corrected chi connectivity index (χ0v) is 12.3. The van der Waals surface area contributed by atoms with Crippen molar-refractivity contribution in [3.63, 3.8) is 0 Å². The van der Waals surface area contributed by atoms with Crippen molar-refractivity contribution in [2.45, 2.75) is 31.2 Å². The van der Waals surface area contributed by atoms with Crippen LogP contribution in [0.3, 0.4) is 0 Å². The Bertz CT molecular complexity index is 536. The molecule has 0 bridgehead atoms. The molecule has 1 aromatic rings. The fraction of sp³-hybridized carbons (Fsp3) is 0.636.